The molecule has 0 aliphatic carbocycles. The Hall–Kier alpha value is -2.27. The Bertz CT molecular complexity index is 721. The van der Waals surface area contributed by atoms with Gasteiger partial charge in [0, 0.05) is 36.9 Å². The minimum absolute atomic E-state index is 0.0625. The lowest BCUT2D eigenvalue weighted by molar-refractivity contribution is -0.133. The fraction of sp³-hybridized carbons (Fsp3) is 0.333. The Morgan fingerprint density at radius 3 is 2.50 bits per heavy atom. The number of amides is 2. The third kappa shape index (κ3) is 5.36. The van der Waals surface area contributed by atoms with Gasteiger partial charge in [-0.1, -0.05) is 60.7 Å². The van der Waals surface area contributed by atoms with Crippen LogP contribution in [-0.2, 0) is 15.3 Å². The van der Waals surface area contributed by atoms with Gasteiger partial charge in [0.1, 0.15) is 0 Å². The van der Waals surface area contributed by atoms with E-state index in [4.69, 9.17) is 0 Å². The quantitative estimate of drug-likeness (QED) is 0.729. The normalized spacial score (nSPS) is 16.7. The van der Waals surface area contributed by atoms with Gasteiger partial charge in [0.2, 0.25) is 11.8 Å². The molecule has 1 aliphatic rings. The van der Waals surface area contributed by atoms with E-state index in [2.05, 4.69) is 17.4 Å². The van der Waals surface area contributed by atoms with E-state index in [0.717, 1.165) is 11.5 Å². The standard InChI is InChI=1S/C21H24N2O2S/c24-20(22-11-12-26-16-17-7-3-1-4-8-17)15-23-14-19(13-21(23)25)18-9-5-2-6-10-18/h1-10,19H,11-16H2,(H,22,24). The van der Waals surface area contributed by atoms with Gasteiger partial charge in [-0.3, -0.25) is 9.59 Å². The van der Waals surface area contributed by atoms with E-state index in [1.54, 1.807) is 16.7 Å². The summed E-state index contributed by atoms with van der Waals surface area (Å²) in [6.07, 6.45) is 0.490. The van der Waals surface area contributed by atoms with Crippen LogP contribution in [0.5, 0.6) is 0 Å². The Morgan fingerprint density at radius 2 is 1.77 bits per heavy atom. The zero-order valence-corrected chi connectivity index (χ0v) is 15.6. The summed E-state index contributed by atoms with van der Waals surface area (Å²) in [5.74, 6) is 1.99. The van der Waals surface area contributed by atoms with Gasteiger partial charge in [-0.15, -0.1) is 0 Å². The van der Waals surface area contributed by atoms with Crippen LogP contribution in [0, 0.1) is 0 Å². The summed E-state index contributed by atoms with van der Waals surface area (Å²) in [6.45, 7) is 1.41. The Morgan fingerprint density at radius 1 is 1.08 bits per heavy atom. The van der Waals surface area contributed by atoms with Gasteiger partial charge in [-0.25, -0.2) is 0 Å². The summed E-state index contributed by atoms with van der Waals surface area (Å²) in [6, 6.07) is 20.3. The van der Waals surface area contributed by atoms with Crippen LogP contribution in [0.3, 0.4) is 0 Å². The van der Waals surface area contributed by atoms with Gasteiger partial charge in [0.25, 0.3) is 0 Å². The lowest BCUT2D eigenvalue weighted by Crippen LogP contribution is -2.38. The van der Waals surface area contributed by atoms with Crippen LogP contribution in [0.2, 0.25) is 0 Å². The van der Waals surface area contributed by atoms with Crippen molar-refractivity contribution in [3.63, 3.8) is 0 Å². The maximum atomic E-state index is 12.2. The molecule has 1 aliphatic heterocycles. The largest absolute Gasteiger partial charge is 0.354 e. The number of rotatable bonds is 8. The van der Waals surface area contributed by atoms with Crippen molar-refractivity contribution in [2.45, 2.75) is 18.1 Å². The first-order valence-electron chi connectivity index (χ1n) is 8.93. The van der Waals surface area contributed by atoms with E-state index in [1.807, 2.05) is 48.5 Å². The summed E-state index contributed by atoms with van der Waals surface area (Å²) in [5.41, 5.74) is 2.46. The molecular formula is C21H24N2O2S. The lowest BCUT2D eigenvalue weighted by atomic mass is 9.99. The van der Waals surface area contributed by atoms with Crippen molar-refractivity contribution in [1.82, 2.24) is 10.2 Å². The van der Waals surface area contributed by atoms with E-state index < -0.39 is 0 Å². The van der Waals surface area contributed by atoms with Crippen LogP contribution in [0.15, 0.2) is 60.7 Å². The van der Waals surface area contributed by atoms with Gasteiger partial charge >= 0.3 is 0 Å². The molecular weight excluding hydrogens is 344 g/mol. The predicted molar refractivity (Wildman–Crippen MR) is 106 cm³/mol. The lowest BCUT2D eigenvalue weighted by Gasteiger charge is -2.16. The minimum Gasteiger partial charge on any atom is -0.354 e. The second-order valence-corrected chi connectivity index (χ2v) is 7.58. The van der Waals surface area contributed by atoms with Gasteiger partial charge < -0.3 is 10.2 Å². The number of nitrogens with zero attached hydrogens (tertiary/aromatic N) is 1. The zero-order valence-electron chi connectivity index (χ0n) is 14.8. The van der Waals surface area contributed by atoms with Crippen LogP contribution in [0.25, 0.3) is 0 Å². The summed E-state index contributed by atoms with van der Waals surface area (Å²) in [4.78, 5) is 25.9. The highest BCUT2D eigenvalue weighted by molar-refractivity contribution is 7.98. The molecule has 0 spiro atoms. The zero-order chi connectivity index (χ0) is 18.2. The first-order chi connectivity index (χ1) is 12.7. The molecule has 3 rings (SSSR count). The topological polar surface area (TPSA) is 49.4 Å². The number of nitrogens with one attached hydrogen (secondary N) is 1. The molecule has 4 nitrogen and oxygen atoms in total. The van der Waals surface area contributed by atoms with E-state index in [0.29, 0.717) is 19.5 Å². The second-order valence-electron chi connectivity index (χ2n) is 6.47. The summed E-state index contributed by atoms with van der Waals surface area (Å²) in [7, 11) is 0. The van der Waals surface area contributed by atoms with Crippen molar-refractivity contribution in [1.29, 1.82) is 0 Å². The van der Waals surface area contributed by atoms with Crippen molar-refractivity contribution < 1.29 is 9.59 Å². The molecule has 2 aromatic carbocycles. The van der Waals surface area contributed by atoms with E-state index >= 15 is 0 Å². The number of benzene rings is 2. The molecule has 1 saturated heterocycles. The summed E-state index contributed by atoms with van der Waals surface area (Å²) < 4.78 is 0. The Balaban J connectivity index is 1.35. The van der Waals surface area contributed by atoms with Crippen molar-refractivity contribution in [2.24, 2.45) is 0 Å². The maximum Gasteiger partial charge on any atom is 0.239 e. The molecule has 5 heteroatoms. The fourth-order valence-corrected chi connectivity index (χ4v) is 3.95. The number of carbonyl (C=O) groups excluding carboxylic acids is 2. The highest BCUT2D eigenvalue weighted by atomic mass is 32.2. The Kier molecular flexibility index (Phi) is 6.72. The smallest absolute Gasteiger partial charge is 0.239 e. The first kappa shape index (κ1) is 18.5. The monoisotopic (exact) mass is 368 g/mol. The summed E-state index contributed by atoms with van der Waals surface area (Å²) in [5, 5.41) is 2.92. The van der Waals surface area contributed by atoms with Crippen molar-refractivity contribution in [3.05, 3.63) is 71.8 Å². The average molecular weight is 369 g/mol. The molecule has 1 atom stereocenters. The SMILES string of the molecule is O=C(CN1CC(c2ccccc2)CC1=O)NCCSCc1ccccc1. The van der Waals surface area contributed by atoms with Crippen molar-refractivity contribution >= 4 is 23.6 Å². The predicted octanol–water partition coefficient (Wildman–Crippen LogP) is 3.05. The number of carbonyl (C=O) groups is 2. The van der Waals surface area contributed by atoms with Gasteiger partial charge in [0.15, 0.2) is 0 Å². The fourth-order valence-electron chi connectivity index (χ4n) is 3.13. The molecule has 0 aromatic heterocycles. The number of hydrogen-bond acceptors (Lipinski definition) is 3. The second kappa shape index (κ2) is 9.43. The molecule has 2 aromatic rings. The van der Waals surface area contributed by atoms with Gasteiger partial charge in [-0.2, -0.15) is 11.8 Å². The third-order valence-electron chi connectivity index (χ3n) is 4.50. The molecule has 136 valence electrons. The van der Waals surface area contributed by atoms with Crippen LogP contribution >= 0.6 is 11.8 Å². The third-order valence-corrected chi connectivity index (χ3v) is 5.53. The first-order valence-corrected chi connectivity index (χ1v) is 10.1. The van der Waals surface area contributed by atoms with Gasteiger partial charge in [-0.05, 0) is 11.1 Å². The highest BCUT2D eigenvalue weighted by Gasteiger charge is 2.31. The average Bonchev–Trinajstić information content (AvgIpc) is 3.03. The maximum absolute atomic E-state index is 12.2. The molecule has 26 heavy (non-hydrogen) atoms. The van der Waals surface area contributed by atoms with E-state index in [9.17, 15) is 9.59 Å². The number of hydrogen-bond donors (Lipinski definition) is 1. The molecule has 2 amide bonds. The van der Waals surface area contributed by atoms with E-state index in [1.165, 1.54) is 11.1 Å². The van der Waals surface area contributed by atoms with Crippen LogP contribution in [0.1, 0.15) is 23.5 Å². The van der Waals surface area contributed by atoms with Crippen LogP contribution in [0.4, 0.5) is 0 Å². The van der Waals surface area contributed by atoms with E-state index in [-0.39, 0.29) is 24.3 Å². The molecule has 1 unspecified atom stereocenters. The summed E-state index contributed by atoms with van der Waals surface area (Å²) >= 11 is 1.79. The molecule has 0 saturated carbocycles. The van der Waals surface area contributed by atoms with Crippen molar-refractivity contribution in [2.75, 3.05) is 25.4 Å². The molecule has 1 heterocycles. The van der Waals surface area contributed by atoms with Gasteiger partial charge in [0.05, 0.1) is 6.54 Å². The highest BCUT2D eigenvalue weighted by Crippen LogP contribution is 2.27. The molecule has 0 radical (unpaired) electrons. The molecule has 1 fully saturated rings. The number of likely N-dealkylation sites (tertiary alicyclic amines) is 1. The Labute approximate surface area is 159 Å². The molecule has 0 bridgehead atoms. The van der Waals surface area contributed by atoms with Crippen molar-refractivity contribution in [3.8, 4) is 0 Å². The minimum atomic E-state index is -0.0765. The molecule has 1 N–H and O–H groups in total. The number of thioether (sulfide) groups is 1. The van der Waals surface area contributed by atoms with Crippen LogP contribution < -0.4 is 5.32 Å². The van der Waals surface area contributed by atoms with Crippen LogP contribution in [-0.4, -0.2) is 42.1 Å².